The largest absolute Gasteiger partial charge is 0.484 e. The molecular formula is C22H22FN3O6S. The Morgan fingerprint density at radius 2 is 1.88 bits per heavy atom. The zero-order valence-corrected chi connectivity index (χ0v) is 18.7. The van der Waals surface area contributed by atoms with Crippen molar-refractivity contribution in [2.45, 2.75) is 11.4 Å². The quantitative estimate of drug-likeness (QED) is 0.517. The van der Waals surface area contributed by atoms with Gasteiger partial charge < -0.3 is 20.1 Å². The minimum atomic E-state index is -4.23. The Labute approximate surface area is 190 Å². The van der Waals surface area contributed by atoms with Crippen LogP contribution in [0.25, 0.3) is 11.3 Å². The summed E-state index contributed by atoms with van der Waals surface area (Å²) in [6.45, 7) is -0.399. The number of aromatic nitrogens is 1. The van der Waals surface area contributed by atoms with Crippen LogP contribution in [0.3, 0.4) is 0 Å². The van der Waals surface area contributed by atoms with Gasteiger partial charge in [-0.1, -0.05) is 18.2 Å². The minimum Gasteiger partial charge on any atom is -0.484 e. The smallest absolute Gasteiger partial charge is 0.407 e. The highest BCUT2D eigenvalue weighted by atomic mass is 32.2. The van der Waals surface area contributed by atoms with Crippen LogP contribution < -0.4 is 10.1 Å². The molecule has 0 spiro atoms. The number of nitrogens with zero attached hydrogens (tertiary/aromatic N) is 2. The summed E-state index contributed by atoms with van der Waals surface area (Å²) in [4.78, 5) is 23.5. The summed E-state index contributed by atoms with van der Waals surface area (Å²) in [7, 11) is -1.45. The second kappa shape index (κ2) is 9.74. The number of carboxylic acid groups (broad SMARTS) is 1. The lowest BCUT2D eigenvalue weighted by Gasteiger charge is -2.13. The summed E-state index contributed by atoms with van der Waals surface area (Å²) in [5.41, 5.74) is 0.435. The highest BCUT2D eigenvalue weighted by Gasteiger charge is 2.24. The molecule has 2 amide bonds. The summed E-state index contributed by atoms with van der Waals surface area (Å²) >= 11 is 0. The molecule has 0 aliphatic heterocycles. The fourth-order valence-electron chi connectivity index (χ4n) is 3.05. The zero-order valence-electron chi connectivity index (χ0n) is 17.9. The van der Waals surface area contributed by atoms with Crippen molar-refractivity contribution in [3.05, 3.63) is 72.2 Å². The monoisotopic (exact) mass is 475 g/mol. The van der Waals surface area contributed by atoms with Crippen LogP contribution in [0, 0.1) is 5.82 Å². The van der Waals surface area contributed by atoms with Crippen molar-refractivity contribution in [1.29, 1.82) is 0 Å². The Morgan fingerprint density at radius 1 is 1.15 bits per heavy atom. The van der Waals surface area contributed by atoms with Gasteiger partial charge in [-0.25, -0.2) is 21.6 Å². The van der Waals surface area contributed by atoms with Crippen LogP contribution in [-0.2, 0) is 21.4 Å². The van der Waals surface area contributed by atoms with Crippen LogP contribution in [0.5, 0.6) is 5.75 Å². The van der Waals surface area contributed by atoms with Crippen molar-refractivity contribution in [1.82, 2.24) is 14.2 Å². The average Bonchev–Trinajstić information content (AvgIpc) is 3.22. The molecule has 11 heteroatoms. The van der Waals surface area contributed by atoms with Gasteiger partial charge in [-0.15, -0.1) is 0 Å². The van der Waals surface area contributed by atoms with Gasteiger partial charge in [0, 0.05) is 31.9 Å². The van der Waals surface area contributed by atoms with Gasteiger partial charge in [-0.3, -0.25) is 4.79 Å². The van der Waals surface area contributed by atoms with Crippen molar-refractivity contribution >= 4 is 22.0 Å². The van der Waals surface area contributed by atoms with E-state index >= 15 is 0 Å². The van der Waals surface area contributed by atoms with Crippen molar-refractivity contribution in [2.75, 3.05) is 20.7 Å². The molecule has 2 aromatic carbocycles. The van der Waals surface area contributed by atoms with E-state index < -0.39 is 21.9 Å². The number of benzene rings is 2. The molecule has 0 unspecified atom stereocenters. The van der Waals surface area contributed by atoms with Crippen molar-refractivity contribution in [2.24, 2.45) is 0 Å². The fourth-order valence-corrected chi connectivity index (χ4v) is 4.47. The van der Waals surface area contributed by atoms with E-state index in [2.05, 4.69) is 5.32 Å². The molecule has 0 aliphatic carbocycles. The maximum Gasteiger partial charge on any atom is 0.407 e. The van der Waals surface area contributed by atoms with Crippen LogP contribution in [0.4, 0.5) is 9.18 Å². The molecule has 0 saturated heterocycles. The predicted molar refractivity (Wildman–Crippen MR) is 118 cm³/mol. The van der Waals surface area contributed by atoms with Gasteiger partial charge in [0.2, 0.25) is 0 Å². The van der Waals surface area contributed by atoms with Gasteiger partial charge in [0.25, 0.3) is 15.9 Å². The number of hydrogen-bond acceptors (Lipinski definition) is 5. The van der Waals surface area contributed by atoms with Gasteiger partial charge in [0.1, 0.15) is 11.6 Å². The summed E-state index contributed by atoms with van der Waals surface area (Å²) in [5, 5.41) is 11.6. The maximum absolute atomic E-state index is 14.5. The molecule has 0 radical (unpaired) electrons. The van der Waals surface area contributed by atoms with E-state index in [1.165, 1.54) is 68.8 Å². The molecule has 0 bridgehead atoms. The molecule has 0 saturated carbocycles. The summed E-state index contributed by atoms with van der Waals surface area (Å²) in [6, 6.07) is 12.7. The molecule has 2 N–H and O–H groups in total. The number of carbonyl (C=O) groups excluding carboxylic acids is 1. The van der Waals surface area contributed by atoms with Gasteiger partial charge in [0.15, 0.2) is 6.61 Å². The van der Waals surface area contributed by atoms with Crippen LogP contribution in [0.1, 0.15) is 5.56 Å². The average molecular weight is 475 g/mol. The fraction of sp³-hybridized carbons (Fsp3) is 0.182. The highest BCUT2D eigenvalue weighted by molar-refractivity contribution is 7.90. The van der Waals surface area contributed by atoms with Gasteiger partial charge >= 0.3 is 6.09 Å². The maximum atomic E-state index is 14.5. The lowest BCUT2D eigenvalue weighted by molar-refractivity contribution is -0.122. The number of amides is 2. The van der Waals surface area contributed by atoms with E-state index in [0.29, 0.717) is 5.56 Å². The molecular weight excluding hydrogens is 453 g/mol. The normalized spacial score (nSPS) is 11.1. The Morgan fingerprint density at radius 3 is 2.55 bits per heavy atom. The number of halogens is 1. The van der Waals surface area contributed by atoms with Crippen molar-refractivity contribution in [3.8, 4) is 17.0 Å². The minimum absolute atomic E-state index is 0.0392. The Balaban J connectivity index is 2.08. The first kappa shape index (κ1) is 23.8. The van der Waals surface area contributed by atoms with Crippen LogP contribution in [0.15, 0.2) is 65.7 Å². The predicted octanol–water partition coefficient (Wildman–Crippen LogP) is 2.77. The van der Waals surface area contributed by atoms with E-state index in [-0.39, 0.29) is 41.0 Å². The van der Waals surface area contributed by atoms with Gasteiger partial charge in [-0.2, -0.15) is 0 Å². The Bertz CT molecular complexity index is 1290. The Kier molecular flexibility index (Phi) is 7.02. The SMILES string of the molecule is CNC(=O)COc1cccc(S(=O)(=O)n2cc(CN(C)C(=O)O)cc2-c2ccccc2F)c1. The summed E-state index contributed by atoms with van der Waals surface area (Å²) in [5.74, 6) is -0.861. The number of likely N-dealkylation sites (N-methyl/N-ethyl adjacent to an activating group) is 1. The second-order valence-corrected chi connectivity index (χ2v) is 8.90. The third kappa shape index (κ3) is 5.32. The zero-order chi connectivity index (χ0) is 24.2. The van der Waals surface area contributed by atoms with Crippen LogP contribution in [0.2, 0.25) is 0 Å². The van der Waals surface area contributed by atoms with Gasteiger partial charge in [-0.05, 0) is 35.9 Å². The number of rotatable bonds is 8. The molecule has 3 rings (SSSR count). The number of hydrogen-bond donors (Lipinski definition) is 2. The molecule has 0 atom stereocenters. The molecule has 0 aliphatic rings. The third-order valence-electron chi connectivity index (χ3n) is 4.75. The number of ether oxygens (including phenoxy) is 1. The Hall–Kier alpha value is -3.86. The molecule has 9 nitrogen and oxygen atoms in total. The topological polar surface area (TPSA) is 118 Å². The van der Waals surface area contributed by atoms with E-state index in [4.69, 9.17) is 9.84 Å². The molecule has 3 aromatic rings. The third-order valence-corrected chi connectivity index (χ3v) is 6.42. The second-order valence-electron chi connectivity index (χ2n) is 7.09. The van der Waals surface area contributed by atoms with Crippen LogP contribution >= 0.6 is 0 Å². The lowest BCUT2D eigenvalue weighted by atomic mass is 10.1. The molecule has 1 aromatic heterocycles. The molecule has 0 fully saturated rings. The summed E-state index contributed by atoms with van der Waals surface area (Å²) in [6.07, 6.45) is 0.0632. The first-order valence-corrected chi connectivity index (χ1v) is 11.2. The lowest BCUT2D eigenvalue weighted by Crippen LogP contribution is -2.24. The van der Waals surface area contributed by atoms with E-state index in [1.807, 2.05) is 0 Å². The number of carbonyl (C=O) groups is 2. The van der Waals surface area contributed by atoms with E-state index in [9.17, 15) is 22.4 Å². The van der Waals surface area contributed by atoms with Crippen molar-refractivity contribution in [3.63, 3.8) is 0 Å². The summed E-state index contributed by atoms with van der Waals surface area (Å²) < 4.78 is 47.8. The number of nitrogens with one attached hydrogen (secondary N) is 1. The van der Waals surface area contributed by atoms with Crippen molar-refractivity contribution < 1.29 is 32.2 Å². The first-order valence-electron chi connectivity index (χ1n) is 9.72. The molecule has 1 heterocycles. The van der Waals surface area contributed by atoms with Gasteiger partial charge in [0.05, 0.1) is 17.1 Å². The molecule has 174 valence electrons. The molecule has 33 heavy (non-hydrogen) atoms. The highest BCUT2D eigenvalue weighted by Crippen LogP contribution is 2.30. The van der Waals surface area contributed by atoms with Crippen LogP contribution in [-0.4, -0.2) is 55.1 Å². The first-order chi connectivity index (χ1) is 15.6. The van der Waals surface area contributed by atoms with E-state index in [0.717, 1.165) is 8.87 Å². The standard InChI is InChI=1S/C22H22FN3O6S/c1-24-21(27)14-32-16-6-5-7-17(11-16)33(30,31)26-13-15(12-25(2)22(28)29)10-20(26)18-8-3-4-9-19(18)23/h3-11,13H,12,14H2,1-2H3,(H,24,27)(H,28,29). The van der Waals surface area contributed by atoms with E-state index in [1.54, 1.807) is 6.07 Å².